The Bertz CT molecular complexity index is 842. The van der Waals surface area contributed by atoms with Gasteiger partial charge in [0.25, 0.3) is 0 Å². The van der Waals surface area contributed by atoms with Crippen molar-refractivity contribution in [1.29, 1.82) is 0 Å². The summed E-state index contributed by atoms with van der Waals surface area (Å²) in [4.78, 5) is 24.2. The van der Waals surface area contributed by atoms with E-state index in [1.807, 2.05) is 4.57 Å². The number of nitrogen functional groups attached to an aromatic ring is 1. The Morgan fingerprint density at radius 2 is 2.24 bits per heavy atom. The number of aromatic nitrogens is 4. The van der Waals surface area contributed by atoms with Gasteiger partial charge in [0.2, 0.25) is 5.95 Å². The standard InChI is InChI=1S/C16H20N6O3/c17-16-20-14(19-10-2-3-10)13-15(21-16)22(8-18-13)11-4-1-9(5-11)7-25-12(24)6-23/h5,8-10,23H,1-4,6-7H2,(H3,17,19,20,21). The first-order chi connectivity index (χ1) is 12.1. The Labute approximate surface area is 143 Å². The highest BCUT2D eigenvalue weighted by Gasteiger charge is 2.25. The van der Waals surface area contributed by atoms with Crippen molar-refractivity contribution in [3.05, 3.63) is 12.4 Å². The minimum atomic E-state index is -0.605. The molecule has 132 valence electrons. The molecular formula is C16H20N6O3. The minimum Gasteiger partial charge on any atom is -0.463 e. The number of anilines is 2. The maximum atomic E-state index is 11.1. The van der Waals surface area contributed by atoms with Crippen LogP contribution in [0.1, 0.15) is 25.7 Å². The van der Waals surface area contributed by atoms with Crippen molar-refractivity contribution >= 4 is 34.6 Å². The zero-order valence-corrected chi connectivity index (χ0v) is 13.7. The maximum Gasteiger partial charge on any atom is 0.331 e. The first-order valence-corrected chi connectivity index (χ1v) is 8.38. The molecule has 2 heterocycles. The van der Waals surface area contributed by atoms with Crippen molar-refractivity contribution in [3.63, 3.8) is 0 Å². The van der Waals surface area contributed by atoms with E-state index in [-0.39, 0.29) is 18.5 Å². The Balaban J connectivity index is 1.59. The van der Waals surface area contributed by atoms with Gasteiger partial charge in [-0.05, 0) is 25.7 Å². The molecule has 0 spiro atoms. The molecule has 0 radical (unpaired) electrons. The van der Waals surface area contributed by atoms with Crippen LogP contribution in [0.2, 0.25) is 0 Å². The summed E-state index contributed by atoms with van der Waals surface area (Å²) >= 11 is 0. The zero-order valence-electron chi connectivity index (χ0n) is 13.7. The number of aliphatic hydroxyl groups excluding tert-OH is 1. The van der Waals surface area contributed by atoms with Crippen molar-refractivity contribution in [2.24, 2.45) is 5.92 Å². The average Bonchev–Trinajstić information content (AvgIpc) is 3.12. The SMILES string of the molecule is Nc1nc(NC2CC2)c2ncn(C3=CC(COC(=O)CO)CC3)c2n1. The van der Waals surface area contributed by atoms with E-state index in [9.17, 15) is 4.79 Å². The van der Waals surface area contributed by atoms with E-state index in [4.69, 9.17) is 15.6 Å². The monoisotopic (exact) mass is 344 g/mol. The number of nitrogens with zero attached hydrogens (tertiary/aromatic N) is 4. The summed E-state index contributed by atoms with van der Waals surface area (Å²) in [7, 11) is 0. The molecule has 0 saturated heterocycles. The number of fused-ring (bicyclic) bond motifs is 1. The molecule has 0 amide bonds. The number of allylic oxidation sites excluding steroid dienone is 1. The van der Waals surface area contributed by atoms with E-state index in [1.165, 1.54) is 0 Å². The number of nitrogens with two attached hydrogens (primary N) is 1. The highest BCUT2D eigenvalue weighted by Crippen LogP contribution is 2.32. The number of carbonyl (C=O) groups is 1. The van der Waals surface area contributed by atoms with Crippen LogP contribution in [0.15, 0.2) is 12.4 Å². The van der Waals surface area contributed by atoms with Crippen LogP contribution in [-0.2, 0) is 9.53 Å². The predicted molar refractivity (Wildman–Crippen MR) is 91.4 cm³/mol. The number of esters is 1. The molecule has 0 aliphatic heterocycles. The number of ether oxygens (including phenoxy) is 1. The van der Waals surface area contributed by atoms with Crippen LogP contribution in [0.5, 0.6) is 0 Å². The first kappa shape index (κ1) is 15.8. The third-order valence-electron chi connectivity index (χ3n) is 4.43. The van der Waals surface area contributed by atoms with Gasteiger partial charge in [0.1, 0.15) is 12.9 Å². The molecule has 4 rings (SSSR count). The van der Waals surface area contributed by atoms with Gasteiger partial charge in [-0.1, -0.05) is 6.08 Å². The fourth-order valence-electron chi connectivity index (χ4n) is 3.00. The second-order valence-corrected chi connectivity index (χ2v) is 6.43. The number of hydrogen-bond donors (Lipinski definition) is 3. The summed E-state index contributed by atoms with van der Waals surface area (Å²) in [6, 6.07) is 0.443. The Morgan fingerprint density at radius 3 is 3.00 bits per heavy atom. The van der Waals surface area contributed by atoms with Crippen LogP contribution in [0.3, 0.4) is 0 Å². The van der Waals surface area contributed by atoms with E-state index < -0.39 is 12.6 Å². The first-order valence-electron chi connectivity index (χ1n) is 8.38. The number of imidazole rings is 1. The number of aliphatic hydroxyl groups is 1. The fourth-order valence-corrected chi connectivity index (χ4v) is 3.00. The van der Waals surface area contributed by atoms with Crippen molar-refractivity contribution < 1.29 is 14.6 Å². The maximum absolute atomic E-state index is 11.1. The van der Waals surface area contributed by atoms with Crippen molar-refractivity contribution in [2.75, 3.05) is 24.3 Å². The van der Waals surface area contributed by atoms with Gasteiger partial charge in [0, 0.05) is 17.7 Å². The largest absolute Gasteiger partial charge is 0.463 e. The van der Waals surface area contributed by atoms with Crippen molar-refractivity contribution in [1.82, 2.24) is 19.5 Å². The van der Waals surface area contributed by atoms with E-state index in [0.717, 1.165) is 31.4 Å². The Hall–Kier alpha value is -2.68. The van der Waals surface area contributed by atoms with Crippen LogP contribution < -0.4 is 11.1 Å². The molecule has 9 nitrogen and oxygen atoms in total. The third kappa shape index (κ3) is 3.27. The Kier molecular flexibility index (Phi) is 4.00. The van der Waals surface area contributed by atoms with Gasteiger partial charge in [0.05, 0.1) is 6.61 Å². The summed E-state index contributed by atoms with van der Waals surface area (Å²) in [6.07, 6.45) is 7.73. The smallest absolute Gasteiger partial charge is 0.331 e. The predicted octanol–water partition coefficient (Wildman–Crippen LogP) is 0.769. The quantitative estimate of drug-likeness (QED) is 0.656. The zero-order chi connectivity index (χ0) is 17.4. The van der Waals surface area contributed by atoms with Crippen LogP contribution in [0, 0.1) is 5.92 Å². The van der Waals surface area contributed by atoms with E-state index in [2.05, 4.69) is 26.3 Å². The molecule has 1 saturated carbocycles. The van der Waals surface area contributed by atoms with Gasteiger partial charge < -0.3 is 20.9 Å². The summed E-state index contributed by atoms with van der Waals surface area (Å²) in [5.74, 6) is 0.401. The second kappa shape index (κ2) is 6.32. The van der Waals surface area contributed by atoms with Gasteiger partial charge in [-0.25, -0.2) is 9.78 Å². The van der Waals surface area contributed by atoms with Gasteiger partial charge in [-0.3, -0.25) is 4.57 Å². The molecule has 2 aromatic rings. The molecule has 2 aromatic heterocycles. The molecule has 2 aliphatic rings. The molecule has 25 heavy (non-hydrogen) atoms. The van der Waals surface area contributed by atoms with Gasteiger partial charge in [-0.2, -0.15) is 9.97 Å². The molecule has 1 fully saturated rings. The van der Waals surface area contributed by atoms with Crippen LogP contribution in [0.4, 0.5) is 11.8 Å². The molecule has 1 atom stereocenters. The molecule has 4 N–H and O–H groups in total. The van der Waals surface area contributed by atoms with Gasteiger partial charge >= 0.3 is 5.97 Å². The lowest BCUT2D eigenvalue weighted by atomic mass is 10.1. The lowest BCUT2D eigenvalue weighted by Gasteiger charge is -2.07. The van der Waals surface area contributed by atoms with E-state index in [0.29, 0.717) is 23.0 Å². The summed E-state index contributed by atoms with van der Waals surface area (Å²) < 4.78 is 6.92. The normalized spacial score (nSPS) is 19.9. The number of hydrogen-bond acceptors (Lipinski definition) is 8. The molecule has 0 aromatic carbocycles. The van der Waals surface area contributed by atoms with E-state index >= 15 is 0 Å². The molecule has 2 aliphatic carbocycles. The second-order valence-electron chi connectivity index (χ2n) is 6.43. The van der Waals surface area contributed by atoms with Crippen molar-refractivity contribution in [3.8, 4) is 0 Å². The average molecular weight is 344 g/mol. The molecular weight excluding hydrogens is 324 g/mol. The number of carbonyl (C=O) groups excluding carboxylic acids is 1. The minimum absolute atomic E-state index is 0.117. The van der Waals surface area contributed by atoms with Crippen LogP contribution >= 0.6 is 0 Å². The number of nitrogens with one attached hydrogen (secondary N) is 1. The lowest BCUT2D eigenvalue weighted by Crippen LogP contribution is -2.14. The van der Waals surface area contributed by atoms with Gasteiger partial charge in [-0.15, -0.1) is 0 Å². The fraction of sp³-hybridized carbons (Fsp3) is 0.500. The summed E-state index contributed by atoms with van der Waals surface area (Å²) in [5, 5.41) is 12.1. The van der Waals surface area contributed by atoms with E-state index in [1.54, 1.807) is 6.33 Å². The highest BCUT2D eigenvalue weighted by atomic mass is 16.5. The molecule has 1 unspecified atom stereocenters. The highest BCUT2D eigenvalue weighted by molar-refractivity contribution is 5.86. The molecule has 0 bridgehead atoms. The van der Waals surface area contributed by atoms with Crippen LogP contribution in [0.25, 0.3) is 16.9 Å². The Morgan fingerprint density at radius 1 is 1.40 bits per heavy atom. The van der Waals surface area contributed by atoms with Crippen molar-refractivity contribution in [2.45, 2.75) is 31.7 Å². The summed E-state index contributed by atoms with van der Waals surface area (Å²) in [5.41, 5.74) is 8.29. The summed E-state index contributed by atoms with van der Waals surface area (Å²) in [6.45, 7) is -0.330. The van der Waals surface area contributed by atoms with Crippen LogP contribution in [-0.4, -0.2) is 49.9 Å². The third-order valence-corrected chi connectivity index (χ3v) is 4.43. The van der Waals surface area contributed by atoms with Gasteiger partial charge in [0.15, 0.2) is 17.0 Å². The molecule has 9 heteroatoms. The lowest BCUT2D eigenvalue weighted by molar-refractivity contribution is -0.147. The topological polar surface area (TPSA) is 128 Å². The number of rotatable bonds is 6.